The van der Waals surface area contributed by atoms with E-state index in [4.69, 9.17) is 5.73 Å². The largest absolute Gasteiger partial charge is 0.383 e. The highest BCUT2D eigenvalue weighted by Gasteiger charge is 2.22. The van der Waals surface area contributed by atoms with Crippen LogP contribution in [-0.4, -0.2) is 46.1 Å². The molecule has 0 bridgehead atoms. The fourth-order valence-electron chi connectivity index (χ4n) is 2.52. The highest BCUT2D eigenvalue weighted by Crippen LogP contribution is 2.23. The molecule has 1 saturated heterocycles. The predicted molar refractivity (Wildman–Crippen MR) is 82.4 cm³/mol. The molecule has 2 N–H and O–H groups in total. The molecule has 21 heavy (non-hydrogen) atoms. The van der Waals surface area contributed by atoms with Crippen molar-refractivity contribution in [2.45, 2.75) is 13.8 Å². The van der Waals surface area contributed by atoms with Crippen molar-refractivity contribution in [3.63, 3.8) is 0 Å². The monoisotopic (exact) mass is 285 g/mol. The molecular formula is C14H19N7. The van der Waals surface area contributed by atoms with Crippen LogP contribution in [0.4, 0.5) is 17.6 Å². The van der Waals surface area contributed by atoms with Gasteiger partial charge >= 0.3 is 0 Å². The Kier molecular flexibility index (Phi) is 3.55. The first-order chi connectivity index (χ1) is 10.1. The van der Waals surface area contributed by atoms with Crippen LogP contribution < -0.4 is 15.5 Å². The summed E-state index contributed by atoms with van der Waals surface area (Å²) in [5.41, 5.74) is 6.89. The minimum Gasteiger partial charge on any atom is -0.383 e. The van der Waals surface area contributed by atoms with E-state index in [9.17, 15) is 0 Å². The highest BCUT2D eigenvalue weighted by atomic mass is 15.3. The van der Waals surface area contributed by atoms with Crippen LogP contribution in [0.25, 0.3) is 0 Å². The molecule has 3 rings (SSSR count). The van der Waals surface area contributed by atoms with E-state index >= 15 is 0 Å². The van der Waals surface area contributed by atoms with Gasteiger partial charge in [-0.2, -0.15) is 0 Å². The van der Waals surface area contributed by atoms with Crippen molar-refractivity contribution in [3.05, 3.63) is 29.8 Å². The molecule has 7 nitrogen and oxygen atoms in total. The van der Waals surface area contributed by atoms with Crippen LogP contribution >= 0.6 is 0 Å². The van der Waals surface area contributed by atoms with Crippen molar-refractivity contribution in [2.24, 2.45) is 0 Å². The fraction of sp³-hybridized carbons (Fsp3) is 0.429. The molecule has 7 heteroatoms. The van der Waals surface area contributed by atoms with E-state index in [1.807, 2.05) is 19.9 Å². The Morgan fingerprint density at radius 2 is 1.57 bits per heavy atom. The second-order valence-corrected chi connectivity index (χ2v) is 5.13. The summed E-state index contributed by atoms with van der Waals surface area (Å²) in [6.45, 7) is 7.31. The van der Waals surface area contributed by atoms with E-state index in [-0.39, 0.29) is 0 Å². The van der Waals surface area contributed by atoms with Gasteiger partial charge in [0.25, 0.3) is 0 Å². The number of nitrogens with two attached hydrogens (primary N) is 1. The number of anilines is 3. The zero-order valence-corrected chi connectivity index (χ0v) is 12.3. The summed E-state index contributed by atoms with van der Waals surface area (Å²) in [5, 5.41) is 0. The molecule has 3 heterocycles. The third-order valence-corrected chi connectivity index (χ3v) is 3.68. The first kappa shape index (κ1) is 13.5. The Balaban J connectivity index is 1.74. The van der Waals surface area contributed by atoms with Gasteiger partial charge in [-0.25, -0.2) is 19.9 Å². The van der Waals surface area contributed by atoms with Crippen LogP contribution in [0.1, 0.15) is 11.4 Å². The van der Waals surface area contributed by atoms with Crippen molar-refractivity contribution >= 4 is 17.6 Å². The molecule has 1 aliphatic rings. The quantitative estimate of drug-likeness (QED) is 0.873. The maximum atomic E-state index is 5.94. The third-order valence-electron chi connectivity index (χ3n) is 3.68. The second-order valence-electron chi connectivity index (χ2n) is 5.13. The van der Waals surface area contributed by atoms with Crippen LogP contribution in [0.5, 0.6) is 0 Å². The summed E-state index contributed by atoms with van der Waals surface area (Å²) in [4.78, 5) is 21.8. The SMILES string of the molecule is Cc1nc(N)c(C)c(N2CCN(c3ncccn3)CC2)n1. The van der Waals surface area contributed by atoms with Crippen LogP contribution in [0.2, 0.25) is 0 Å². The normalized spacial score (nSPS) is 15.3. The molecule has 110 valence electrons. The average Bonchev–Trinajstić information content (AvgIpc) is 2.52. The van der Waals surface area contributed by atoms with Crippen molar-refractivity contribution in [1.29, 1.82) is 0 Å². The van der Waals surface area contributed by atoms with Gasteiger partial charge in [-0.3, -0.25) is 0 Å². The lowest BCUT2D eigenvalue weighted by Crippen LogP contribution is -2.47. The topological polar surface area (TPSA) is 84.1 Å². The first-order valence-electron chi connectivity index (χ1n) is 7.03. The summed E-state index contributed by atoms with van der Waals surface area (Å²) in [6, 6.07) is 1.83. The van der Waals surface area contributed by atoms with Gasteiger partial charge < -0.3 is 15.5 Å². The van der Waals surface area contributed by atoms with Gasteiger partial charge in [0.15, 0.2) is 0 Å². The molecule has 0 amide bonds. The molecule has 0 saturated carbocycles. The number of hydrogen-bond donors (Lipinski definition) is 1. The summed E-state index contributed by atoms with van der Waals surface area (Å²) in [5.74, 6) is 2.99. The molecule has 1 aliphatic heterocycles. The van der Waals surface area contributed by atoms with Gasteiger partial charge in [0, 0.05) is 44.1 Å². The van der Waals surface area contributed by atoms with Gasteiger partial charge in [0.2, 0.25) is 5.95 Å². The second kappa shape index (κ2) is 5.51. The van der Waals surface area contributed by atoms with Gasteiger partial charge in [0.05, 0.1) is 0 Å². The average molecular weight is 285 g/mol. The van der Waals surface area contributed by atoms with E-state index in [0.717, 1.165) is 43.5 Å². The number of aromatic nitrogens is 4. The van der Waals surface area contributed by atoms with E-state index in [1.54, 1.807) is 12.4 Å². The standard InChI is InChI=1S/C14H19N7/c1-10-12(15)18-11(2)19-13(10)20-6-8-21(9-7-20)14-16-4-3-5-17-14/h3-5H,6-9H2,1-2H3,(H2,15,18,19). The molecule has 2 aromatic heterocycles. The maximum absolute atomic E-state index is 5.94. The van der Waals surface area contributed by atoms with Crippen LogP contribution in [0, 0.1) is 13.8 Å². The molecule has 0 spiro atoms. The van der Waals surface area contributed by atoms with Gasteiger partial charge in [0.1, 0.15) is 17.5 Å². The number of piperazine rings is 1. The summed E-state index contributed by atoms with van der Waals surface area (Å²) in [7, 11) is 0. The summed E-state index contributed by atoms with van der Waals surface area (Å²) in [6.07, 6.45) is 3.54. The smallest absolute Gasteiger partial charge is 0.225 e. The number of nitrogen functional groups attached to an aromatic ring is 1. The van der Waals surface area contributed by atoms with Crippen LogP contribution in [0.15, 0.2) is 18.5 Å². The number of nitrogens with zero attached hydrogens (tertiary/aromatic N) is 6. The fourth-order valence-corrected chi connectivity index (χ4v) is 2.52. The van der Waals surface area contributed by atoms with Crippen LogP contribution in [0.3, 0.4) is 0 Å². The zero-order valence-electron chi connectivity index (χ0n) is 12.3. The third kappa shape index (κ3) is 2.72. The Morgan fingerprint density at radius 3 is 2.24 bits per heavy atom. The van der Waals surface area contributed by atoms with Gasteiger partial charge in [-0.1, -0.05) is 0 Å². The van der Waals surface area contributed by atoms with Crippen LogP contribution in [-0.2, 0) is 0 Å². The zero-order chi connectivity index (χ0) is 14.8. The van der Waals surface area contributed by atoms with E-state index in [2.05, 4.69) is 29.7 Å². The van der Waals surface area contributed by atoms with E-state index in [1.165, 1.54) is 0 Å². The lowest BCUT2D eigenvalue weighted by molar-refractivity contribution is 0.632. The lowest BCUT2D eigenvalue weighted by Gasteiger charge is -2.36. The molecular weight excluding hydrogens is 266 g/mol. The van der Waals surface area contributed by atoms with Gasteiger partial charge in [-0.05, 0) is 19.9 Å². The van der Waals surface area contributed by atoms with E-state index in [0.29, 0.717) is 11.6 Å². The van der Waals surface area contributed by atoms with Gasteiger partial charge in [-0.15, -0.1) is 0 Å². The van der Waals surface area contributed by atoms with E-state index < -0.39 is 0 Å². The Morgan fingerprint density at radius 1 is 0.952 bits per heavy atom. The minimum absolute atomic E-state index is 0.561. The highest BCUT2D eigenvalue weighted by molar-refractivity contribution is 5.57. The first-order valence-corrected chi connectivity index (χ1v) is 7.03. The van der Waals surface area contributed by atoms with Crippen molar-refractivity contribution in [1.82, 2.24) is 19.9 Å². The Hall–Kier alpha value is -2.44. The molecule has 2 aromatic rings. The molecule has 0 atom stereocenters. The van der Waals surface area contributed by atoms with Crippen molar-refractivity contribution in [2.75, 3.05) is 41.7 Å². The number of hydrogen-bond acceptors (Lipinski definition) is 7. The van der Waals surface area contributed by atoms with Crippen molar-refractivity contribution in [3.8, 4) is 0 Å². The van der Waals surface area contributed by atoms with Crippen molar-refractivity contribution < 1.29 is 0 Å². The molecule has 0 radical (unpaired) electrons. The number of rotatable bonds is 2. The maximum Gasteiger partial charge on any atom is 0.225 e. The number of aryl methyl sites for hydroxylation is 1. The predicted octanol–water partition coefficient (Wildman–Crippen LogP) is 0.792. The molecule has 0 aliphatic carbocycles. The molecule has 1 fully saturated rings. The Bertz CT molecular complexity index is 621. The lowest BCUT2D eigenvalue weighted by atomic mass is 10.2. The minimum atomic E-state index is 0.561. The summed E-state index contributed by atoms with van der Waals surface area (Å²) >= 11 is 0. The summed E-state index contributed by atoms with van der Waals surface area (Å²) < 4.78 is 0. The molecule has 0 unspecified atom stereocenters. The Labute approximate surface area is 123 Å². The molecule has 0 aromatic carbocycles.